The zero-order chi connectivity index (χ0) is 30.1. The van der Waals surface area contributed by atoms with Crippen molar-refractivity contribution >= 4 is 46.5 Å². The van der Waals surface area contributed by atoms with Crippen molar-refractivity contribution in [3.05, 3.63) is 101 Å². The van der Waals surface area contributed by atoms with Gasteiger partial charge in [0.25, 0.3) is 11.5 Å². The predicted octanol–water partition coefficient (Wildman–Crippen LogP) is 5.69. The number of halogens is 2. The Hall–Kier alpha value is -3.79. The van der Waals surface area contributed by atoms with E-state index in [1.54, 1.807) is 79.2 Å². The van der Waals surface area contributed by atoms with Crippen LogP contribution in [0.25, 0.3) is 17.4 Å². The molecule has 1 aliphatic heterocycles. The third-order valence-corrected chi connectivity index (χ3v) is 8.86. The lowest BCUT2D eigenvalue weighted by atomic mass is 9.93. The zero-order valence-corrected chi connectivity index (χ0v) is 26.1. The molecule has 42 heavy (non-hydrogen) atoms. The lowest BCUT2D eigenvalue weighted by Gasteiger charge is -2.30. The quantitative estimate of drug-likeness (QED) is 0.251. The molecule has 0 aliphatic carbocycles. The van der Waals surface area contributed by atoms with Gasteiger partial charge in [0.1, 0.15) is 29.1 Å². The number of thiazole rings is 1. The largest absolute Gasteiger partial charge is 0.497 e. The summed E-state index contributed by atoms with van der Waals surface area (Å²) < 4.78 is 19.2. The van der Waals surface area contributed by atoms with Crippen LogP contribution in [0.5, 0.6) is 11.5 Å². The summed E-state index contributed by atoms with van der Waals surface area (Å²) >= 11 is 13.5. The molecule has 2 aromatic heterocycles. The molecule has 0 bridgehead atoms. The summed E-state index contributed by atoms with van der Waals surface area (Å²) in [6.07, 6.45) is 1.68. The lowest BCUT2D eigenvalue weighted by molar-refractivity contribution is -0.127. The Labute approximate surface area is 256 Å². The fourth-order valence-electron chi connectivity index (χ4n) is 4.99. The van der Waals surface area contributed by atoms with Crippen LogP contribution >= 0.6 is 34.5 Å². The number of furan rings is 1. The molecule has 3 heterocycles. The minimum atomic E-state index is -0.787. The number of rotatable bonds is 8. The van der Waals surface area contributed by atoms with Crippen molar-refractivity contribution in [2.75, 3.05) is 27.3 Å². The highest BCUT2D eigenvalue weighted by atomic mass is 35.5. The van der Waals surface area contributed by atoms with Crippen LogP contribution in [0.4, 0.5) is 0 Å². The number of hydrogen-bond acceptors (Lipinski definition) is 7. The standard InChI is InChI=1S/C31H29Cl2N3O5S/c1-6-35(7-2)30(38)27-17(3)34-31-36(28(27)21-15-19(39-4)9-13-25(21)40-5)29(37)26(42-31)16-20-10-12-24(41-20)18-8-11-22(32)23(33)14-18/h8-16,28H,6-7H2,1-5H3/b26-16+/t28-/m0/s1. The van der Waals surface area contributed by atoms with Gasteiger partial charge in [-0.25, -0.2) is 4.99 Å². The number of ether oxygens (including phenoxy) is 2. The first-order valence-electron chi connectivity index (χ1n) is 13.3. The summed E-state index contributed by atoms with van der Waals surface area (Å²) in [7, 11) is 3.12. The van der Waals surface area contributed by atoms with Gasteiger partial charge in [-0.05, 0) is 69.3 Å². The Bertz CT molecular complexity index is 1880. The highest BCUT2D eigenvalue weighted by Gasteiger charge is 2.36. The predicted molar refractivity (Wildman–Crippen MR) is 165 cm³/mol. The number of carbonyl (C=O) groups is 1. The average molecular weight is 627 g/mol. The maximum absolute atomic E-state index is 14.1. The van der Waals surface area contributed by atoms with Gasteiger partial charge < -0.3 is 18.8 Å². The molecular formula is C31H29Cl2N3O5S. The number of carbonyl (C=O) groups excluding carboxylic acids is 1. The van der Waals surface area contributed by atoms with Crippen molar-refractivity contribution < 1.29 is 18.7 Å². The second-order valence-corrected chi connectivity index (χ2v) is 11.3. The Morgan fingerprint density at radius 2 is 1.83 bits per heavy atom. The normalized spacial score (nSPS) is 14.9. The number of aromatic nitrogens is 1. The fraction of sp³-hybridized carbons (Fsp3) is 0.258. The molecule has 4 aromatic rings. The zero-order valence-electron chi connectivity index (χ0n) is 23.7. The molecule has 11 heteroatoms. The average Bonchev–Trinajstić information content (AvgIpc) is 3.58. The lowest BCUT2D eigenvalue weighted by Crippen LogP contribution is -2.43. The van der Waals surface area contributed by atoms with Crippen molar-refractivity contribution in [1.82, 2.24) is 9.47 Å². The van der Waals surface area contributed by atoms with Crippen LogP contribution in [0.15, 0.2) is 74.0 Å². The minimum Gasteiger partial charge on any atom is -0.497 e. The van der Waals surface area contributed by atoms with Gasteiger partial charge in [-0.15, -0.1) is 0 Å². The van der Waals surface area contributed by atoms with Gasteiger partial charge in [0, 0.05) is 30.3 Å². The van der Waals surface area contributed by atoms with Crippen molar-refractivity contribution in [3.63, 3.8) is 0 Å². The van der Waals surface area contributed by atoms with E-state index in [9.17, 15) is 9.59 Å². The minimum absolute atomic E-state index is 0.192. The summed E-state index contributed by atoms with van der Waals surface area (Å²) in [5.41, 5.74) is 2.01. The van der Waals surface area contributed by atoms with Crippen LogP contribution in [0.1, 0.15) is 38.1 Å². The molecule has 0 fully saturated rings. The molecule has 0 unspecified atom stereocenters. The topological polar surface area (TPSA) is 86.3 Å². The number of benzene rings is 2. The van der Waals surface area contributed by atoms with E-state index in [2.05, 4.69) is 0 Å². The van der Waals surface area contributed by atoms with E-state index >= 15 is 0 Å². The summed E-state index contributed by atoms with van der Waals surface area (Å²) in [4.78, 5) is 34.9. The fourth-order valence-corrected chi connectivity index (χ4v) is 6.31. The van der Waals surface area contributed by atoms with Crippen LogP contribution in [0.3, 0.4) is 0 Å². The molecule has 0 spiro atoms. The van der Waals surface area contributed by atoms with E-state index in [1.165, 1.54) is 11.3 Å². The molecular weight excluding hydrogens is 597 g/mol. The summed E-state index contributed by atoms with van der Waals surface area (Å²) in [6.45, 7) is 6.66. The van der Waals surface area contributed by atoms with Crippen LogP contribution in [0.2, 0.25) is 10.0 Å². The molecule has 0 radical (unpaired) electrons. The Morgan fingerprint density at radius 1 is 1.07 bits per heavy atom. The Morgan fingerprint density at radius 3 is 2.50 bits per heavy atom. The van der Waals surface area contributed by atoms with Crippen LogP contribution in [-0.2, 0) is 4.79 Å². The molecule has 0 saturated heterocycles. The van der Waals surface area contributed by atoms with E-state index in [0.717, 1.165) is 5.56 Å². The molecule has 5 rings (SSSR count). The molecule has 218 valence electrons. The first-order valence-corrected chi connectivity index (χ1v) is 14.9. The van der Waals surface area contributed by atoms with Crippen molar-refractivity contribution in [2.45, 2.75) is 26.8 Å². The molecule has 1 atom stereocenters. The number of fused-ring (bicyclic) bond motifs is 1. The second kappa shape index (κ2) is 12.2. The number of nitrogens with zero attached hydrogens (tertiary/aromatic N) is 3. The first kappa shape index (κ1) is 29.7. The van der Waals surface area contributed by atoms with Gasteiger partial charge in [0.15, 0.2) is 4.80 Å². The van der Waals surface area contributed by atoms with E-state index < -0.39 is 6.04 Å². The number of methoxy groups -OCH3 is 2. The van der Waals surface area contributed by atoms with E-state index in [-0.39, 0.29) is 11.5 Å². The smallest absolute Gasteiger partial charge is 0.271 e. The summed E-state index contributed by atoms with van der Waals surface area (Å²) in [6, 6.07) is 13.4. The van der Waals surface area contributed by atoms with Gasteiger partial charge in [0.2, 0.25) is 0 Å². The van der Waals surface area contributed by atoms with Crippen LogP contribution in [-0.4, -0.2) is 42.7 Å². The highest BCUT2D eigenvalue weighted by molar-refractivity contribution is 7.07. The monoisotopic (exact) mass is 625 g/mol. The van der Waals surface area contributed by atoms with Crippen molar-refractivity contribution in [2.24, 2.45) is 4.99 Å². The van der Waals surface area contributed by atoms with E-state index in [1.807, 2.05) is 19.9 Å². The first-order chi connectivity index (χ1) is 20.2. The van der Waals surface area contributed by atoms with Crippen LogP contribution < -0.4 is 24.4 Å². The third kappa shape index (κ3) is 5.40. The molecule has 2 aromatic carbocycles. The number of amides is 1. The van der Waals surface area contributed by atoms with Gasteiger partial charge in [-0.2, -0.15) is 0 Å². The van der Waals surface area contributed by atoms with Crippen molar-refractivity contribution in [1.29, 1.82) is 0 Å². The van der Waals surface area contributed by atoms with Crippen molar-refractivity contribution in [3.8, 4) is 22.8 Å². The van der Waals surface area contributed by atoms with Gasteiger partial charge in [0.05, 0.1) is 40.1 Å². The van der Waals surface area contributed by atoms with Crippen LogP contribution in [0, 0.1) is 0 Å². The van der Waals surface area contributed by atoms with E-state index in [4.69, 9.17) is 42.1 Å². The summed E-state index contributed by atoms with van der Waals surface area (Å²) in [5, 5.41) is 0.864. The number of hydrogen-bond donors (Lipinski definition) is 0. The molecule has 1 aliphatic rings. The SMILES string of the molecule is CCN(CC)C(=O)C1=C(C)N=c2s/c(=C/c3ccc(-c4ccc(Cl)c(Cl)c4)o3)c(=O)n2[C@H]1c1cc(OC)ccc1OC. The van der Waals surface area contributed by atoms with Gasteiger partial charge >= 0.3 is 0 Å². The Kier molecular flexibility index (Phi) is 8.63. The maximum Gasteiger partial charge on any atom is 0.271 e. The molecule has 8 nitrogen and oxygen atoms in total. The highest BCUT2D eigenvalue weighted by Crippen LogP contribution is 2.38. The molecule has 0 N–H and O–H groups in total. The van der Waals surface area contributed by atoms with E-state index in [0.29, 0.717) is 72.3 Å². The molecule has 0 saturated carbocycles. The Balaban J connectivity index is 1.69. The van der Waals surface area contributed by atoms with Gasteiger partial charge in [-0.1, -0.05) is 34.5 Å². The van der Waals surface area contributed by atoms with Gasteiger partial charge in [-0.3, -0.25) is 14.2 Å². The maximum atomic E-state index is 14.1. The summed E-state index contributed by atoms with van der Waals surface area (Å²) in [5.74, 6) is 1.96. The second-order valence-electron chi connectivity index (χ2n) is 9.50. The molecule has 1 amide bonds. The number of likely N-dealkylation sites (N-methyl/N-ethyl adjacent to an activating group) is 1. The third-order valence-electron chi connectivity index (χ3n) is 7.14. The number of allylic oxidation sites excluding steroid dienone is 1.